The maximum absolute atomic E-state index is 12.7. The van der Waals surface area contributed by atoms with E-state index in [2.05, 4.69) is 10.3 Å². The first-order valence-corrected chi connectivity index (χ1v) is 8.62. The third-order valence-corrected chi connectivity index (χ3v) is 4.73. The minimum absolute atomic E-state index is 0.124. The Balaban J connectivity index is 1.87. The predicted molar refractivity (Wildman–Crippen MR) is 98.4 cm³/mol. The lowest BCUT2D eigenvalue weighted by molar-refractivity contribution is 0.0998. The molecule has 0 unspecified atom stereocenters. The lowest BCUT2D eigenvalue weighted by Crippen LogP contribution is -2.14. The number of primary amides is 1. The van der Waals surface area contributed by atoms with E-state index in [4.69, 9.17) is 5.73 Å². The first-order chi connectivity index (χ1) is 12.0. The fourth-order valence-corrected chi connectivity index (χ4v) is 3.44. The summed E-state index contributed by atoms with van der Waals surface area (Å²) in [5.74, 6) is -0.594. The smallest absolute Gasteiger partial charge is 0.267 e. The molecule has 0 radical (unpaired) electrons. The van der Waals surface area contributed by atoms with Crippen molar-refractivity contribution in [3.05, 3.63) is 64.9 Å². The first kappa shape index (κ1) is 16.9. The SMILES string of the molecule is CC(C)c1nc(-n2cccc2)sc1C(=O)Nc1ccc(C(N)=O)cc1. The Hall–Kier alpha value is -2.93. The second-order valence-electron chi connectivity index (χ2n) is 5.85. The molecule has 0 aliphatic rings. The predicted octanol–water partition coefficient (Wildman–Crippen LogP) is 3.41. The number of nitrogens with one attached hydrogen (secondary N) is 1. The molecule has 0 spiro atoms. The Kier molecular flexibility index (Phi) is 4.67. The summed E-state index contributed by atoms with van der Waals surface area (Å²) in [6.45, 7) is 4.01. The van der Waals surface area contributed by atoms with Crippen LogP contribution in [0.1, 0.15) is 45.5 Å². The molecule has 0 fully saturated rings. The number of aromatic nitrogens is 2. The number of amides is 2. The molecular weight excluding hydrogens is 336 g/mol. The highest BCUT2D eigenvalue weighted by atomic mass is 32.1. The van der Waals surface area contributed by atoms with Crippen molar-refractivity contribution in [1.82, 2.24) is 9.55 Å². The summed E-state index contributed by atoms with van der Waals surface area (Å²) in [4.78, 5) is 29.0. The molecule has 0 aliphatic carbocycles. The average Bonchev–Trinajstić information content (AvgIpc) is 3.24. The van der Waals surface area contributed by atoms with Crippen molar-refractivity contribution >= 4 is 28.8 Å². The van der Waals surface area contributed by atoms with Crippen LogP contribution in [0.5, 0.6) is 0 Å². The molecule has 3 aromatic rings. The molecule has 3 rings (SSSR count). The number of nitrogens with zero attached hydrogens (tertiary/aromatic N) is 2. The number of hydrogen-bond acceptors (Lipinski definition) is 4. The summed E-state index contributed by atoms with van der Waals surface area (Å²) in [5, 5.41) is 3.60. The molecule has 25 heavy (non-hydrogen) atoms. The Morgan fingerprint density at radius 1 is 1.16 bits per heavy atom. The van der Waals surface area contributed by atoms with Gasteiger partial charge in [0.25, 0.3) is 5.91 Å². The maximum Gasteiger partial charge on any atom is 0.267 e. The van der Waals surface area contributed by atoms with E-state index in [9.17, 15) is 9.59 Å². The van der Waals surface area contributed by atoms with Crippen LogP contribution in [0.15, 0.2) is 48.8 Å². The number of thiazole rings is 1. The van der Waals surface area contributed by atoms with Crippen molar-refractivity contribution in [2.75, 3.05) is 5.32 Å². The second-order valence-corrected chi connectivity index (χ2v) is 6.83. The Labute approximate surface area is 149 Å². The standard InChI is InChI=1S/C18H18N4O2S/c1-11(2)14-15(25-18(21-14)22-9-3-4-10-22)17(24)20-13-7-5-12(6-8-13)16(19)23/h3-11H,1-2H3,(H2,19,23)(H,20,24). The minimum Gasteiger partial charge on any atom is -0.366 e. The van der Waals surface area contributed by atoms with E-state index in [-0.39, 0.29) is 11.8 Å². The van der Waals surface area contributed by atoms with Gasteiger partial charge < -0.3 is 15.6 Å². The van der Waals surface area contributed by atoms with Gasteiger partial charge in [0.15, 0.2) is 5.13 Å². The summed E-state index contributed by atoms with van der Waals surface area (Å²) in [7, 11) is 0. The zero-order chi connectivity index (χ0) is 18.0. The topological polar surface area (TPSA) is 90.0 Å². The number of hydrogen-bond donors (Lipinski definition) is 2. The second kappa shape index (κ2) is 6.90. The monoisotopic (exact) mass is 354 g/mol. The van der Waals surface area contributed by atoms with Gasteiger partial charge in [-0.15, -0.1) is 0 Å². The van der Waals surface area contributed by atoms with Gasteiger partial charge in [0.2, 0.25) is 5.91 Å². The number of carbonyl (C=O) groups excluding carboxylic acids is 2. The van der Waals surface area contributed by atoms with E-state index < -0.39 is 5.91 Å². The average molecular weight is 354 g/mol. The summed E-state index contributed by atoms with van der Waals surface area (Å²) in [6, 6.07) is 10.3. The van der Waals surface area contributed by atoms with E-state index in [1.54, 1.807) is 24.3 Å². The molecule has 0 saturated heterocycles. The van der Waals surface area contributed by atoms with Crippen LogP contribution in [0.3, 0.4) is 0 Å². The van der Waals surface area contributed by atoms with Crippen molar-refractivity contribution in [3.8, 4) is 5.13 Å². The lowest BCUT2D eigenvalue weighted by atomic mass is 10.1. The molecule has 2 aromatic heterocycles. The number of nitrogens with two attached hydrogens (primary N) is 1. The van der Waals surface area contributed by atoms with Crippen LogP contribution >= 0.6 is 11.3 Å². The molecular formula is C18H18N4O2S. The fraction of sp³-hybridized carbons (Fsp3) is 0.167. The number of anilines is 1. The molecule has 7 heteroatoms. The third kappa shape index (κ3) is 3.61. The molecule has 2 heterocycles. The number of rotatable bonds is 5. The number of carbonyl (C=O) groups is 2. The molecule has 0 saturated carbocycles. The van der Waals surface area contributed by atoms with Gasteiger partial charge in [-0.05, 0) is 42.3 Å². The molecule has 3 N–H and O–H groups in total. The summed E-state index contributed by atoms with van der Waals surface area (Å²) in [5.41, 5.74) is 6.98. The molecule has 0 aliphatic heterocycles. The minimum atomic E-state index is -0.501. The van der Waals surface area contributed by atoms with Crippen molar-refractivity contribution < 1.29 is 9.59 Å². The molecule has 0 atom stereocenters. The van der Waals surface area contributed by atoms with Gasteiger partial charge in [-0.2, -0.15) is 0 Å². The quantitative estimate of drug-likeness (QED) is 0.736. The lowest BCUT2D eigenvalue weighted by Gasteiger charge is -2.07. The van der Waals surface area contributed by atoms with Gasteiger partial charge in [-0.25, -0.2) is 4.98 Å². The van der Waals surface area contributed by atoms with Crippen molar-refractivity contribution in [1.29, 1.82) is 0 Å². The van der Waals surface area contributed by atoms with Crippen molar-refractivity contribution in [2.24, 2.45) is 5.73 Å². The zero-order valence-corrected chi connectivity index (χ0v) is 14.7. The first-order valence-electron chi connectivity index (χ1n) is 7.81. The summed E-state index contributed by atoms with van der Waals surface area (Å²) in [6.07, 6.45) is 3.79. The van der Waals surface area contributed by atoms with Crippen molar-refractivity contribution in [2.45, 2.75) is 19.8 Å². The van der Waals surface area contributed by atoms with Gasteiger partial charge in [-0.3, -0.25) is 9.59 Å². The Morgan fingerprint density at radius 3 is 2.36 bits per heavy atom. The summed E-state index contributed by atoms with van der Waals surface area (Å²) >= 11 is 1.35. The molecule has 1 aromatic carbocycles. The van der Waals surface area contributed by atoms with Gasteiger partial charge >= 0.3 is 0 Å². The molecule has 2 amide bonds. The number of benzene rings is 1. The zero-order valence-electron chi connectivity index (χ0n) is 13.9. The largest absolute Gasteiger partial charge is 0.366 e. The van der Waals surface area contributed by atoms with Crippen molar-refractivity contribution in [3.63, 3.8) is 0 Å². The highest BCUT2D eigenvalue weighted by Gasteiger charge is 2.21. The van der Waals surface area contributed by atoms with Crippen LogP contribution in [0.4, 0.5) is 5.69 Å². The Bertz CT molecular complexity index is 896. The highest BCUT2D eigenvalue weighted by Crippen LogP contribution is 2.28. The fourth-order valence-electron chi connectivity index (χ4n) is 2.35. The van der Waals surface area contributed by atoms with Crippen LogP contribution < -0.4 is 11.1 Å². The van der Waals surface area contributed by atoms with Crippen LogP contribution in [0.25, 0.3) is 5.13 Å². The molecule has 0 bridgehead atoms. The van der Waals surface area contributed by atoms with Crippen LogP contribution in [0.2, 0.25) is 0 Å². The van der Waals surface area contributed by atoms with Gasteiger partial charge in [0.1, 0.15) is 4.88 Å². The highest BCUT2D eigenvalue weighted by molar-refractivity contribution is 7.16. The van der Waals surface area contributed by atoms with Crippen LogP contribution in [-0.2, 0) is 0 Å². The van der Waals surface area contributed by atoms with E-state index in [1.165, 1.54) is 11.3 Å². The van der Waals surface area contributed by atoms with E-state index in [1.807, 2.05) is 42.9 Å². The normalized spacial score (nSPS) is 10.8. The third-order valence-electron chi connectivity index (χ3n) is 3.65. The van der Waals surface area contributed by atoms with Gasteiger partial charge in [-0.1, -0.05) is 25.2 Å². The Morgan fingerprint density at radius 2 is 1.80 bits per heavy atom. The summed E-state index contributed by atoms with van der Waals surface area (Å²) < 4.78 is 1.88. The maximum atomic E-state index is 12.7. The van der Waals surface area contributed by atoms with Crippen LogP contribution in [0, 0.1) is 0 Å². The van der Waals surface area contributed by atoms with Gasteiger partial charge in [0, 0.05) is 23.6 Å². The van der Waals surface area contributed by atoms with Gasteiger partial charge in [0.05, 0.1) is 5.69 Å². The molecule has 128 valence electrons. The molecule has 6 nitrogen and oxygen atoms in total. The van der Waals surface area contributed by atoms with E-state index >= 15 is 0 Å². The van der Waals surface area contributed by atoms with E-state index in [0.29, 0.717) is 16.1 Å². The van der Waals surface area contributed by atoms with Crippen LogP contribution in [-0.4, -0.2) is 21.4 Å². The van der Waals surface area contributed by atoms with E-state index in [0.717, 1.165) is 10.8 Å².